The summed E-state index contributed by atoms with van der Waals surface area (Å²) in [7, 11) is -0.807. The summed E-state index contributed by atoms with van der Waals surface area (Å²) in [5.41, 5.74) is 0.459. The van der Waals surface area contributed by atoms with Crippen molar-refractivity contribution in [3.05, 3.63) is 29.3 Å². The molecule has 0 aliphatic carbocycles. The Labute approximate surface area is 113 Å². The largest absolute Gasteiger partial charge is 0.497 e. The fourth-order valence-electron chi connectivity index (χ4n) is 2.12. The number of rotatable bonds is 3. The van der Waals surface area contributed by atoms with Crippen LogP contribution in [0.15, 0.2) is 12.1 Å². The van der Waals surface area contributed by atoms with Crippen LogP contribution in [0.3, 0.4) is 0 Å². The first-order valence-corrected chi connectivity index (χ1v) is 6.64. The van der Waals surface area contributed by atoms with Crippen molar-refractivity contribution in [2.45, 2.75) is 33.6 Å². The van der Waals surface area contributed by atoms with E-state index in [0.29, 0.717) is 25.2 Å². The van der Waals surface area contributed by atoms with Crippen molar-refractivity contribution in [2.24, 2.45) is 5.41 Å². The summed E-state index contributed by atoms with van der Waals surface area (Å²) in [6.45, 7) is 6.88. The van der Waals surface area contributed by atoms with E-state index in [0.717, 1.165) is 6.42 Å². The summed E-state index contributed by atoms with van der Waals surface area (Å²) < 4.78 is 38.9. The zero-order valence-electron chi connectivity index (χ0n) is 11.6. The van der Waals surface area contributed by atoms with Gasteiger partial charge in [0, 0.05) is 24.1 Å². The molecule has 1 aliphatic heterocycles. The lowest BCUT2D eigenvalue weighted by atomic mass is 9.75. The molecule has 2 nitrogen and oxygen atoms in total. The Hall–Kier alpha value is -0.935. The van der Waals surface area contributed by atoms with Crippen molar-refractivity contribution in [1.82, 2.24) is 0 Å². The molecule has 5 heteroatoms. The summed E-state index contributed by atoms with van der Waals surface area (Å²) in [5.74, 6) is -1.63. The van der Waals surface area contributed by atoms with Crippen molar-refractivity contribution in [3.8, 4) is 0 Å². The van der Waals surface area contributed by atoms with Gasteiger partial charge in [-0.25, -0.2) is 8.78 Å². The van der Waals surface area contributed by atoms with E-state index in [1.807, 2.05) is 20.8 Å². The minimum atomic E-state index is -0.851. The van der Waals surface area contributed by atoms with E-state index in [1.165, 1.54) is 0 Å². The van der Waals surface area contributed by atoms with Crippen LogP contribution in [0.25, 0.3) is 0 Å². The van der Waals surface area contributed by atoms with Gasteiger partial charge in [0.25, 0.3) is 0 Å². The second kappa shape index (κ2) is 5.59. The molecule has 0 aromatic heterocycles. The van der Waals surface area contributed by atoms with Crippen LogP contribution in [0.1, 0.15) is 32.8 Å². The van der Waals surface area contributed by atoms with Gasteiger partial charge in [-0.1, -0.05) is 39.3 Å². The van der Waals surface area contributed by atoms with E-state index in [1.54, 1.807) is 12.1 Å². The minimum Gasteiger partial charge on any atom is -0.407 e. The molecule has 1 aromatic carbocycles. The lowest BCUT2D eigenvalue weighted by Crippen LogP contribution is -2.48. The Morgan fingerprint density at radius 3 is 2.37 bits per heavy atom. The molecule has 0 saturated carbocycles. The first-order chi connectivity index (χ1) is 8.94. The highest BCUT2D eigenvalue weighted by molar-refractivity contribution is 6.61. The van der Waals surface area contributed by atoms with E-state index in [4.69, 9.17) is 9.31 Å². The fraction of sp³-hybridized carbons (Fsp3) is 0.571. The van der Waals surface area contributed by atoms with Gasteiger partial charge in [-0.05, 0) is 12.0 Å². The third-order valence-electron chi connectivity index (χ3n) is 3.22. The Morgan fingerprint density at radius 2 is 1.79 bits per heavy atom. The maximum atomic E-state index is 14.0. The Kier molecular flexibility index (Phi) is 4.26. The molecule has 0 radical (unpaired) electrons. The van der Waals surface area contributed by atoms with Crippen molar-refractivity contribution < 1.29 is 18.1 Å². The van der Waals surface area contributed by atoms with Gasteiger partial charge in [0.05, 0.1) is 0 Å². The van der Waals surface area contributed by atoms with Crippen LogP contribution < -0.4 is 5.46 Å². The molecule has 104 valence electrons. The summed E-state index contributed by atoms with van der Waals surface area (Å²) in [6.07, 6.45) is 1.31. The van der Waals surface area contributed by atoms with Crippen molar-refractivity contribution >= 4 is 12.6 Å². The third-order valence-corrected chi connectivity index (χ3v) is 3.22. The quantitative estimate of drug-likeness (QED) is 0.785. The molecule has 1 saturated heterocycles. The molecule has 1 aromatic rings. The van der Waals surface area contributed by atoms with E-state index in [9.17, 15) is 8.78 Å². The first kappa shape index (κ1) is 14.5. The number of halogens is 2. The van der Waals surface area contributed by atoms with Crippen LogP contribution in [0.5, 0.6) is 0 Å². The summed E-state index contributed by atoms with van der Waals surface area (Å²) >= 11 is 0. The van der Waals surface area contributed by atoms with Gasteiger partial charge < -0.3 is 9.31 Å². The molecule has 0 amide bonds. The highest BCUT2D eigenvalue weighted by Crippen LogP contribution is 2.22. The molecule has 0 bridgehead atoms. The van der Waals surface area contributed by atoms with Crippen molar-refractivity contribution in [2.75, 3.05) is 13.2 Å². The summed E-state index contributed by atoms with van der Waals surface area (Å²) in [4.78, 5) is 0. The van der Waals surface area contributed by atoms with Crippen molar-refractivity contribution in [1.29, 1.82) is 0 Å². The highest BCUT2D eigenvalue weighted by atomic mass is 19.2. The molecule has 0 N–H and O–H groups in total. The van der Waals surface area contributed by atoms with Crippen LogP contribution in [0.4, 0.5) is 8.78 Å². The molecule has 0 spiro atoms. The zero-order valence-corrected chi connectivity index (χ0v) is 11.6. The van der Waals surface area contributed by atoms with Gasteiger partial charge in [-0.3, -0.25) is 0 Å². The Morgan fingerprint density at radius 1 is 1.16 bits per heavy atom. The second-order valence-corrected chi connectivity index (χ2v) is 5.81. The van der Waals surface area contributed by atoms with E-state index < -0.39 is 18.8 Å². The van der Waals surface area contributed by atoms with Crippen LogP contribution in [-0.2, 0) is 15.7 Å². The monoisotopic (exact) mass is 268 g/mol. The van der Waals surface area contributed by atoms with E-state index >= 15 is 0 Å². The summed E-state index contributed by atoms with van der Waals surface area (Å²) in [6, 6.07) is 3.18. The predicted octanol–water partition coefficient (Wildman–Crippen LogP) is 2.69. The van der Waals surface area contributed by atoms with E-state index in [2.05, 4.69) is 0 Å². The molecule has 19 heavy (non-hydrogen) atoms. The number of hydrogen-bond donors (Lipinski definition) is 0. The van der Waals surface area contributed by atoms with Gasteiger partial charge in [0.1, 0.15) is 0 Å². The normalized spacial score (nSPS) is 18.7. The van der Waals surface area contributed by atoms with Crippen LogP contribution in [-0.4, -0.2) is 20.3 Å². The first-order valence-electron chi connectivity index (χ1n) is 6.64. The van der Waals surface area contributed by atoms with Gasteiger partial charge in [0.2, 0.25) is 0 Å². The maximum Gasteiger partial charge on any atom is 0.497 e. The molecule has 0 unspecified atom stereocenters. The number of aryl methyl sites for hydroxylation is 1. The topological polar surface area (TPSA) is 18.5 Å². The highest BCUT2D eigenvalue weighted by Gasteiger charge is 2.36. The van der Waals surface area contributed by atoms with Crippen LogP contribution in [0.2, 0.25) is 0 Å². The smallest absolute Gasteiger partial charge is 0.407 e. The van der Waals surface area contributed by atoms with Crippen LogP contribution in [0, 0.1) is 17.0 Å². The average Bonchev–Trinajstić information content (AvgIpc) is 2.36. The maximum absolute atomic E-state index is 14.0. The Bertz CT molecular complexity index is 453. The molecule has 0 atom stereocenters. The zero-order chi connectivity index (χ0) is 14.0. The summed E-state index contributed by atoms with van der Waals surface area (Å²) in [5, 5.41) is 0. The SMILES string of the molecule is CCCc1ccc(B2OCC(C)(C)CO2)c(F)c1F. The fourth-order valence-corrected chi connectivity index (χ4v) is 2.12. The van der Waals surface area contributed by atoms with Crippen molar-refractivity contribution in [3.63, 3.8) is 0 Å². The van der Waals surface area contributed by atoms with Gasteiger partial charge in [-0.2, -0.15) is 0 Å². The molecule has 1 heterocycles. The third kappa shape index (κ3) is 3.15. The molecular formula is C14H19BF2O2. The van der Waals surface area contributed by atoms with Gasteiger partial charge in [-0.15, -0.1) is 0 Å². The molecule has 1 fully saturated rings. The van der Waals surface area contributed by atoms with Crippen LogP contribution >= 0.6 is 0 Å². The number of benzene rings is 1. The molecular weight excluding hydrogens is 249 g/mol. The predicted molar refractivity (Wildman–Crippen MR) is 71.4 cm³/mol. The number of hydrogen-bond acceptors (Lipinski definition) is 2. The lowest BCUT2D eigenvalue weighted by molar-refractivity contribution is 0.0340. The van der Waals surface area contributed by atoms with E-state index in [-0.39, 0.29) is 10.9 Å². The van der Waals surface area contributed by atoms with Gasteiger partial charge in [0.15, 0.2) is 11.6 Å². The molecule has 2 rings (SSSR count). The minimum absolute atomic E-state index is 0.0896. The molecule has 1 aliphatic rings. The standard InChI is InChI=1S/C14H19BF2O2/c1-4-5-10-6-7-11(13(17)12(10)16)15-18-8-14(2,3)9-19-15/h6-7H,4-5,8-9H2,1-3H3. The Balaban J connectivity index is 2.20. The second-order valence-electron chi connectivity index (χ2n) is 5.81. The average molecular weight is 268 g/mol. The van der Waals surface area contributed by atoms with Gasteiger partial charge >= 0.3 is 7.12 Å². The lowest BCUT2D eigenvalue weighted by Gasteiger charge is -2.33.